The molecule has 0 aliphatic carbocycles. The van der Waals surface area contributed by atoms with Crippen molar-refractivity contribution >= 4 is 17.3 Å². The zero-order valence-corrected chi connectivity index (χ0v) is 14.1. The average molecular weight is 318 g/mol. The van der Waals surface area contributed by atoms with Crippen molar-refractivity contribution in [2.45, 2.75) is 26.8 Å². The molecule has 3 aromatic rings. The topological polar surface area (TPSA) is 49.8 Å². The first kappa shape index (κ1) is 16.0. The summed E-state index contributed by atoms with van der Waals surface area (Å²) in [6.07, 6.45) is 2.56. The molecular formula is C20H22N4. The van der Waals surface area contributed by atoms with Gasteiger partial charge in [-0.1, -0.05) is 55.0 Å². The van der Waals surface area contributed by atoms with E-state index in [4.69, 9.17) is 0 Å². The molecule has 1 heterocycles. The summed E-state index contributed by atoms with van der Waals surface area (Å²) in [4.78, 5) is 8.61. The number of aromatic nitrogens is 2. The van der Waals surface area contributed by atoms with Gasteiger partial charge in [-0.2, -0.15) is 0 Å². The lowest BCUT2D eigenvalue weighted by atomic mass is 10.1. The van der Waals surface area contributed by atoms with E-state index in [9.17, 15) is 0 Å². The van der Waals surface area contributed by atoms with Crippen LogP contribution in [0.5, 0.6) is 0 Å². The second kappa shape index (κ2) is 7.59. The normalized spacial score (nSPS) is 10.4. The minimum absolute atomic E-state index is 0.738. The summed E-state index contributed by atoms with van der Waals surface area (Å²) in [5.41, 5.74) is 4.85. The van der Waals surface area contributed by atoms with Gasteiger partial charge in [-0.05, 0) is 30.5 Å². The van der Waals surface area contributed by atoms with Gasteiger partial charge in [0, 0.05) is 18.3 Å². The van der Waals surface area contributed by atoms with Gasteiger partial charge in [0.1, 0.15) is 18.0 Å². The Balaban J connectivity index is 1.68. The quantitative estimate of drug-likeness (QED) is 0.691. The van der Waals surface area contributed by atoms with Crippen molar-refractivity contribution in [3.63, 3.8) is 0 Å². The molecule has 2 N–H and O–H groups in total. The lowest BCUT2D eigenvalue weighted by Crippen LogP contribution is -2.03. The maximum Gasteiger partial charge on any atom is 0.135 e. The van der Waals surface area contributed by atoms with Crippen LogP contribution >= 0.6 is 0 Å². The highest BCUT2D eigenvalue weighted by Crippen LogP contribution is 2.21. The van der Waals surface area contributed by atoms with Gasteiger partial charge >= 0.3 is 0 Å². The molecule has 0 aliphatic heterocycles. The second-order valence-electron chi connectivity index (χ2n) is 5.76. The molecule has 0 spiro atoms. The number of hydrogen-bond donors (Lipinski definition) is 2. The van der Waals surface area contributed by atoms with E-state index in [0.29, 0.717) is 0 Å². The smallest absolute Gasteiger partial charge is 0.135 e. The molecule has 3 rings (SSSR count). The van der Waals surface area contributed by atoms with Crippen LogP contribution in [0.15, 0.2) is 60.9 Å². The van der Waals surface area contributed by atoms with E-state index >= 15 is 0 Å². The molecule has 0 saturated heterocycles. The van der Waals surface area contributed by atoms with E-state index in [2.05, 4.69) is 76.9 Å². The van der Waals surface area contributed by atoms with E-state index in [1.54, 1.807) is 6.33 Å². The molecule has 0 bridgehead atoms. The van der Waals surface area contributed by atoms with Gasteiger partial charge in [-0.15, -0.1) is 0 Å². The predicted molar refractivity (Wildman–Crippen MR) is 99.6 cm³/mol. The Morgan fingerprint density at radius 3 is 2.46 bits per heavy atom. The second-order valence-corrected chi connectivity index (χ2v) is 5.76. The van der Waals surface area contributed by atoms with Crippen LogP contribution in [0.2, 0.25) is 0 Å². The minimum Gasteiger partial charge on any atom is -0.366 e. The third-order valence-electron chi connectivity index (χ3n) is 3.92. The molecule has 4 heteroatoms. The number of rotatable bonds is 6. The van der Waals surface area contributed by atoms with Gasteiger partial charge in [0.2, 0.25) is 0 Å². The first-order valence-corrected chi connectivity index (χ1v) is 8.21. The molecule has 0 atom stereocenters. The van der Waals surface area contributed by atoms with Crippen molar-refractivity contribution in [3.8, 4) is 0 Å². The molecule has 24 heavy (non-hydrogen) atoms. The van der Waals surface area contributed by atoms with Gasteiger partial charge in [0.25, 0.3) is 0 Å². The highest BCUT2D eigenvalue weighted by atomic mass is 15.1. The Morgan fingerprint density at radius 1 is 0.917 bits per heavy atom. The van der Waals surface area contributed by atoms with Crippen LogP contribution in [0.25, 0.3) is 0 Å². The summed E-state index contributed by atoms with van der Waals surface area (Å²) in [5, 5.41) is 6.72. The standard InChI is InChI=1S/C20H22N4/c1-3-17-6-4-5-7-18(17)24-20-12-19(22-14-23-20)21-13-16-10-8-15(2)9-11-16/h4-12,14H,3,13H2,1-2H3,(H2,21,22,23,24). The van der Waals surface area contributed by atoms with Crippen LogP contribution in [0.4, 0.5) is 17.3 Å². The molecular weight excluding hydrogens is 296 g/mol. The van der Waals surface area contributed by atoms with Crippen LogP contribution in [-0.2, 0) is 13.0 Å². The highest BCUT2D eigenvalue weighted by molar-refractivity contribution is 5.62. The monoisotopic (exact) mass is 318 g/mol. The van der Waals surface area contributed by atoms with Gasteiger partial charge in [-0.3, -0.25) is 0 Å². The number of nitrogens with zero attached hydrogens (tertiary/aromatic N) is 2. The number of benzene rings is 2. The molecule has 1 aromatic heterocycles. The van der Waals surface area contributed by atoms with Crippen LogP contribution < -0.4 is 10.6 Å². The van der Waals surface area contributed by atoms with Crippen LogP contribution in [-0.4, -0.2) is 9.97 Å². The third kappa shape index (κ3) is 4.10. The zero-order valence-electron chi connectivity index (χ0n) is 14.1. The number of para-hydroxylation sites is 1. The van der Waals surface area contributed by atoms with Crippen molar-refractivity contribution < 1.29 is 0 Å². The summed E-state index contributed by atoms with van der Waals surface area (Å²) in [5.74, 6) is 1.60. The van der Waals surface area contributed by atoms with Crippen molar-refractivity contribution in [2.24, 2.45) is 0 Å². The van der Waals surface area contributed by atoms with Crippen LogP contribution in [0, 0.1) is 6.92 Å². The molecule has 2 aromatic carbocycles. The molecule has 0 fully saturated rings. The van der Waals surface area contributed by atoms with E-state index in [1.807, 2.05) is 12.1 Å². The maximum absolute atomic E-state index is 4.31. The Labute approximate surface area is 143 Å². The van der Waals surface area contributed by atoms with Gasteiger partial charge < -0.3 is 10.6 Å². The minimum atomic E-state index is 0.738. The fourth-order valence-corrected chi connectivity index (χ4v) is 2.51. The Kier molecular flexibility index (Phi) is 5.06. The fraction of sp³-hybridized carbons (Fsp3) is 0.200. The summed E-state index contributed by atoms with van der Waals surface area (Å²) in [7, 11) is 0. The summed E-state index contributed by atoms with van der Waals surface area (Å²) in [6, 6.07) is 18.7. The van der Waals surface area contributed by atoms with Gasteiger partial charge in [0.05, 0.1) is 0 Å². The molecule has 0 radical (unpaired) electrons. The molecule has 0 unspecified atom stereocenters. The Bertz CT molecular complexity index is 797. The summed E-state index contributed by atoms with van der Waals surface area (Å²) < 4.78 is 0. The number of hydrogen-bond acceptors (Lipinski definition) is 4. The highest BCUT2D eigenvalue weighted by Gasteiger charge is 2.03. The van der Waals surface area contributed by atoms with Crippen molar-refractivity contribution in [3.05, 3.63) is 77.6 Å². The molecule has 122 valence electrons. The molecule has 0 saturated carbocycles. The average Bonchev–Trinajstić information content (AvgIpc) is 2.62. The summed E-state index contributed by atoms with van der Waals surface area (Å²) in [6.45, 7) is 4.98. The third-order valence-corrected chi connectivity index (χ3v) is 3.92. The molecule has 0 amide bonds. The largest absolute Gasteiger partial charge is 0.366 e. The van der Waals surface area contributed by atoms with Crippen molar-refractivity contribution in [1.82, 2.24) is 9.97 Å². The SMILES string of the molecule is CCc1ccccc1Nc1cc(NCc2ccc(C)cc2)ncn1. The predicted octanol–water partition coefficient (Wildman–Crippen LogP) is 4.70. The van der Waals surface area contributed by atoms with E-state index < -0.39 is 0 Å². The first-order chi connectivity index (χ1) is 11.7. The van der Waals surface area contributed by atoms with Crippen LogP contribution in [0.3, 0.4) is 0 Å². The van der Waals surface area contributed by atoms with Gasteiger partial charge in [-0.25, -0.2) is 9.97 Å². The van der Waals surface area contributed by atoms with Crippen molar-refractivity contribution in [2.75, 3.05) is 10.6 Å². The lowest BCUT2D eigenvalue weighted by molar-refractivity contribution is 1.08. The van der Waals surface area contributed by atoms with E-state index in [-0.39, 0.29) is 0 Å². The van der Waals surface area contributed by atoms with E-state index in [0.717, 1.165) is 30.3 Å². The van der Waals surface area contributed by atoms with Crippen molar-refractivity contribution in [1.29, 1.82) is 0 Å². The number of aryl methyl sites for hydroxylation is 2. The Morgan fingerprint density at radius 2 is 1.67 bits per heavy atom. The molecule has 4 nitrogen and oxygen atoms in total. The molecule has 0 aliphatic rings. The lowest BCUT2D eigenvalue weighted by Gasteiger charge is -2.11. The van der Waals surface area contributed by atoms with E-state index in [1.165, 1.54) is 16.7 Å². The van der Waals surface area contributed by atoms with Crippen LogP contribution in [0.1, 0.15) is 23.6 Å². The summed E-state index contributed by atoms with van der Waals surface area (Å²) >= 11 is 0. The number of anilines is 3. The fourth-order valence-electron chi connectivity index (χ4n) is 2.51. The number of nitrogens with one attached hydrogen (secondary N) is 2. The maximum atomic E-state index is 4.31. The first-order valence-electron chi connectivity index (χ1n) is 8.21. The zero-order chi connectivity index (χ0) is 16.8. The Hall–Kier alpha value is -2.88. The van der Waals surface area contributed by atoms with Gasteiger partial charge in [0.15, 0.2) is 0 Å².